The lowest BCUT2D eigenvalue weighted by atomic mass is 9.72. The summed E-state index contributed by atoms with van der Waals surface area (Å²) in [6, 6.07) is 0.987. The van der Waals surface area contributed by atoms with Crippen LogP contribution in [0.2, 0.25) is 0 Å². The third-order valence-electron chi connectivity index (χ3n) is 3.67. The SMILES string of the molecule is C1CC(N2CC3(CNC3)C2)C1. The zero-order chi connectivity index (χ0) is 7.31. The molecular formula is C9H16N2. The highest BCUT2D eigenvalue weighted by molar-refractivity contribution is 5.06. The fourth-order valence-corrected chi connectivity index (χ4v) is 2.53. The number of hydrogen-bond acceptors (Lipinski definition) is 2. The summed E-state index contributed by atoms with van der Waals surface area (Å²) in [5.74, 6) is 0. The average molecular weight is 152 g/mol. The van der Waals surface area contributed by atoms with E-state index in [9.17, 15) is 0 Å². The molecule has 0 amide bonds. The summed E-state index contributed by atoms with van der Waals surface area (Å²) in [5, 5.41) is 3.37. The Balaban J connectivity index is 1.55. The van der Waals surface area contributed by atoms with Crippen molar-refractivity contribution >= 4 is 0 Å². The second kappa shape index (κ2) is 1.99. The molecule has 1 spiro atoms. The van der Waals surface area contributed by atoms with Crippen molar-refractivity contribution in [3.8, 4) is 0 Å². The maximum atomic E-state index is 3.37. The van der Waals surface area contributed by atoms with Gasteiger partial charge in [-0.05, 0) is 12.8 Å². The van der Waals surface area contributed by atoms with Gasteiger partial charge in [0, 0.05) is 37.6 Å². The molecule has 1 N–H and O–H groups in total. The molecular weight excluding hydrogens is 136 g/mol. The van der Waals surface area contributed by atoms with Gasteiger partial charge in [0.05, 0.1) is 0 Å². The van der Waals surface area contributed by atoms with Crippen molar-refractivity contribution in [2.24, 2.45) is 5.41 Å². The molecule has 1 saturated carbocycles. The van der Waals surface area contributed by atoms with Gasteiger partial charge in [0.25, 0.3) is 0 Å². The van der Waals surface area contributed by atoms with Crippen molar-refractivity contribution < 1.29 is 0 Å². The van der Waals surface area contributed by atoms with Gasteiger partial charge in [-0.15, -0.1) is 0 Å². The Morgan fingerprint density at radius 1 is 1.18 bits per heavy atom. The maximum absolute atomic E-state index is 3.37. The first kappa shape index (κ1) is 6.44. The van der Waals surface area contributed by atoms with E-state index < -0.39 is 0 Å². The van der Waals surface area contributed by atoms with E-state index in [0.29, 0.717) is 0 Å². The van der Waals surface area contributed by atoms with Crippen LogP contribution in [0.25, 0.3) is 0 Å². The summed E-state index contributed by atoms with van der Waals surface area (Å²) < 4.78 is 0. The number of rotatable bonds is 1. The van der Waals surface area contributed by atoms with Crippen LogP contribution >= 0.6 is 0 Å². The molecule has 3 aliphatic rings. The third kappa shape index (κ3) is 0.798. The fourth-order valence-electron chi connectivity index (χ4n) is 2.53. The van der Waals surface area contributed by atoms with Crippen LogP contribution in [-0.2, 0) is 0 Å². The first-order chi connectivity index (χ1) is 5.38. The van der Waals surface area contributed by atoms with E-state index in [2.05, 4.69) is 10.2 Å². The van der Waals surface area contributed by atoms with E-state index in [4.69, 9.17) is 0 Å². The minimum Gasteiger partial charge on any atom is -0.315 e. The number of likely N-dealkylation sites (tertiary alicyclic amines) is 1. The van der Waals surface area contributed by atoms with Crippen LogP contribution in [0, 0.1) is 5.41 Å². The monoisotopic (exact) mass is 152 g/mol. The number of hydrogen-bond donors (Lipinski definition) is 1. The van der Waals surface area contributed by atoms with Crippen molar-refractivity contribution in [1.29, 1.82) is 0 Å². The zero-order valence-electron chi connectivity index (χ0n) is 6.97. The van der Waals surface area contributed by atoms with Gasteiger partial charge < -0.3 is 5.32 Å². The van der Waals surface area contributed by atoms with Crippen LogP contribution < -0.4 is 5.32 Å². The lowest BCUT2D eigenvalue weighted by Gasteiger charge is -2.60. The molecule has 0 aromatic carbocycles. The molecule has 0 bridgehead atoms. The molecule has 2 saturated heterocycles. The minimum absolute atomic E-state index is 0.746. The first-order valence-corrected chi connectivity index (χ1v) is 4.83. The van der Waals surface area contributed by atoms with Crippen molar-refractivity contribution in [3.63, 3.8) is 0 Å². The van der Waals surface area contributed by atoms with Gasteiger partial charge in [0.2, 0.25) is 0 Å². The molecule has 0 radical (unpaired) electrons. The molecule has 2 heteroatoms. The lowest BCUT2D eigenvalue weighted by Crippen LogP contribution is -2.73. The van der Waals surface area contributed by atoms with Crippen LogP contribution in [0.1, 0.15) is 19.3 Å². The quantitative estimate of drug-likeness (QED) is 0.586. The fraction of sp³-hybridized carbons (Fsp3) is 1.00. The minimum atomic E-state index is 0.746. The predicted octanol–water partition coefficient (Wildman–Crippen LogP) is 0.444. The highest BCUT2D eigenvalue weighted by atomic mass is 15.3. The molecule has 62 valence electrons. The maximum Gasteiger partial charge on any atom is 0.0207 e. The number of nitrogens with one attached hydrogen (secondary N) is 1. The summed E-state index contributed by atoms with van der Waals surface area (Å²) in [6.07, 6.45) is 4.43. The van der Waals surface area contributed by atoms with E-state index in [0.717, 1.165) is 11.5 Å². The Bertz CT molecular complexity index is 162. The van der Waals surface area contributed by atoms with Gasteiger partial charge in [-0.25, -0.2) is 0 Å². The van der Waals surface area contributed by atoms with Gasteiger partial charge in [0.15, 0.2) is 0 Å². The largest absolute Gasteiger partial charge is 0.315 e. The Kier molecular flexibility index (Phi) is 1.16. The Labute approximate surface area is 68.0 Å². The highest BCUT2D eigenvalue weighted by Gasteiger charge is 2.49. The van der Waals surface area contributed by atoms with Gasteiger partial charge in [-0.3, -0.25) is 4.90 Å². The zero-order valence-corrected chi connectivity index (χ0v) is 6.97. The number of nitrogens with zero attached hydrogens (tertiary/aromatic N) is 1. The standard InChI is InChI=1S/C9H16N2/c1-2-8(3-1)11-6-9(7-11)4-10-5-9/h8,10H,1-7H2. The van der Waals surface area contributed by atoms with Crippen LogP contribution in [0.3, 0.4) is 0 Å². The Morgan fingerprint density at radius 3 is 2.27 bits per heavy atom. The molecule has 2 aliphatic heterocycles. The van der Waals surface area contributed by atoms with E-state index >= 15 is 0 Å². The van der Waals surface area contributed by atoms with Gasteiger partial charge in [-0.2, -0.15) is 0 Å². The van der Waals surface area contributed by atoms with E-state index in [1.807, 2.05) is 0 Å². The van der Waals surface area contributed by atoms with Crippen LogP contribution in [-0.4, -0.2) is 37.1 Å². The predicted molar refractivity (Wildman–Crippen MR) is 44.5 cm³/mol. The summed E-state index contributed by atoms with van der Waals surface area (Å²) in [5.41, 5.74) is 0.746. The van der Waals surface area contributed by atoms with Crippen LogP contribution in [0.5, 0.6) is 0 Å². The van der Waals surface area contributed by atoms with Crippen molar-refractivity contribution in [2.75, 3.05) is 26.2 Å². The molecule has 0 atom stereocenters. The molecule has 2 nitrogen and oxygen atoms in total. The van der Waals surface area contributed by atoms with Crippen LogP contribution in [0.15, 0.2) is 0 Å². The van der Waals surface area contributed by atoms with Crippen molar-refractivity contribution in [3.05, 3.63) is 0 Å². The second-order valence-electron chi connectivity index (χ2n) is 4.59. The topological polar surface area (TPSA) is 15.3 Å². The summed E-state index contributed by atoms with van der Waals surface area (Å²) in [4.78, 5) is 2.68. The molecule has 0 aromatic heterocycles. The Hall–Kier alpha value is -0.0800. The van der Waals surface area contributed by atoms with E-state index in [1.54, 1.807) is 0 Å². The normalized spacial score (nSPS) is 36.0. The summed E-state index contributed by atoms with van der Waals surface area (Å²) in [7, 11) is 0. The highest BCUT2D eigenvalue weighted by Crippen LogP contribution is 2.39. The summed E-state index contributed by atoms with van der Waals surface area (Å²) in [6.45, 7) is 5.36. The lowest BCUT2D eigenvalue weighted by molar-refractivity contribution is -0.0819. The smallest absolute Gasteiger partial charge is 0.0207 e. The molecule has 3 rings (SSSR count). The van der Waals surface area contributed by atoms with Crippen LogP contribution in [0.4, 0.5) is 0 Å². The third-order valence-corrected chi connectivity index (χ3v) is 3.67. The van der Waals surface area contributed by atoms with Crippen molar-refractivity contribution in [1.82, 2.24) is 10.2 Å². The summed E-state index contributed by atoms with van der Waals surface area (Å²) >= 11 is 0. The van der Waals surface area contributed by atoms with Crippen molar-refractivity contribution in [2.45, 2.75) is 25.3 Å². The molecule has 0 aromatic rings. The van der Waals surface area contributed by atoms with Gasteiger partial charge in [-0.1, -0.05) is 6.42 Å². The molecule has 2 heterocycles. The Morgan fingerprint density at radius 2 is 1.91 bits per heavy atom. The molecule has 1 aliphatic carbocycles. The average Bonchev–Trinajstić information content (AvgIpc) is 1.66. The van der Waals surface area contributed by atoms with E-state index in [1.165, 1.54) is 45.4 Å². The first-order valence-electron chi connectivity index (χ1n) is 4.83. The molecule has 3 fully saturated rings. The second-order valence-corrected chi connectivity index (χ2v) is 4.59. The molecule has 0 unspecified atom stereocenters. The van der Waals surface area contributed by atoms with E-state index in [-0.39, 0.29) is 0 Å². The molecule has 11 heavy (non-hydrogen) atoms. The van der Waals surface area contributed by atoms with Gasteiger partial charge in [0.1, 0.15) is 0 Å². The van der Waals surface area contributed by atoms with Gasteiger partial charge >= 0.3 is 0 Å².